The van der Waals surface area contributed by atoms with Crippen LogP contribution in [0.15, 0.2) is 121 Å². The highest BCUT2D eigenvalue weighted by Gasteiger charge is 2.22. The normalized spacial score (nSPS) is 11.7. The van der Waals surface area contributed by atoms with Crippen molar-refractivity contribution in [3.8, 4) is 0 Å². The fraction of sp³-hybridized carbons (Fsp3) is 0.400. The van der Waals surface area contributed by atoms with Gasteiger partial charge in [0.1, 0.15) is 12.1 Å². The minimum atomic E-state index is -0.679. The summed E-state index contributed by atoms with van der Waals surface area (Å²) in [6, 6.07) is 34.4. The van der Waals surface area contributed by atoms with E-state index in [1.54, 1.807) is 72.8 Å². The summed E-state index contributed by atoms with van der Waals surface area (Å²) in [5.74, 6) is -1.27. The minimum Gasteiger partial charge on any atom is -0.354 e. The Bertz CT molecular complexity index is 1790. The molecule has 12 nitrogen and oxygen atoms in total. The molecule has 62 heavy (non-hydrogen) atoms. The average Bonchev–Trinajstić information content (AvgIpc) is 3.31. The SMILES string of the molecule is O=C(NCCCCC(NC(=O)c1ccccc1)C(=O)NCCCCCCCCCCNC(=O)C(CCCCNC(=O)c1ccccc1)NC(=O)c1ccccc1)c1ccccc1. The molecule has 0 aliphatic rings. The molecular weight excluding hydrogens is 781 g/mol. The van der Waals surface area contributed by atoms with Crippen LogP contribution in [-0.4, -0.2) is 73.7 Å². The molecule has 0 fully saturated rings. The van der Waals surface area contributed by atoms with Gasteiger partial charge in [-0.15, -0.1) is 0 Å². The number of amides is 6. The summed E-state index contributed by atoms with van der Waals surface area (Å²) in [7, 11) is 0. The Morgan fingerprint density at radius 1 is 0.306 bits per heavy atom. The van der Waals surface area contributed by atoms with Crippen LogP contribution >= 0.6 is 0 Å². The molecule has 0 heterocycles. The van der Waals surface area contributed by atoms with E-state index in [0.717, 1.165) is 51.4 Å². The maximum absolute atomic E-state index is 13.2. The Morgan fingerprint density at radius 3 is 0.887 bits per heavy atom. The fourth-order valence-corrected chi connectivity index (χ4v) is 6.91. The predicted octanol–water partition coefficient (Wildman–Crippen LogP) is 7.14. The van der Waals surface area contributed by atoms with Crippen molar-refractivity contribution in [2.45, 2.75) is 102 Å². The molecule has 0 radical (unpaired) electrons. The van der Waals surface area contributed by atoms with Crippen molar-refractivity contribution in [3.05, 3.63) is 144 Å². The lowest BCUT2D eigenvalue weighted by atomic mass is 10.1. The van der Waals surface area contributed by atoms with Crippen molar-refractivity contribution in [2.24, 2.45) is 0 Å². The molecule has 0 aliphatic heterocycles. The second-order valence-corrected chi connectivity index (χ2v) is 15.4. The van der Waals surface area contributed by atoms with Crippen LogP contribution in [0.4, 0.5) is 0 Å². The predicted molar refractivity (Wildman–Crippen MR) is 244 cm³/mol. The van der Waals surface area contributed by atoms with Crippen molar-refractivity contribution in [2.75, 3.05) is 26.2 Å². The van der Waals surface area contributed by atoms with Gasteiger partial charge in [-0.25, -0.2) is 0 Å². The number of hydrogen-bond acceptors (Lipinski definition) is 6. The number of hydrogen-bond donors (Lipinski definition) is 6. The number of nitrogens with one attached hydrogen (secondary N) is 6. The molecule has 0 saturated carbocycles. The molecule has 12 heteroatoms. The number of rotatable bonds is 29. The molecule has 6 N–H and O–H groups in total. The van der Waals surface area contributed by atoms with Gasteiger partial charge in [-0.3, -0.25) is 28.8 Å². The summed E-state index contributed by atoms with van der Waals surface area (Å²) >= 11 is 0. The fourth-order valence-electron chi connectivity index (χ4n) is 6.91. The van der Waals surface area contributed by atoms with Gasteiger partial charge in [0, 0.05) is 48.4 Å². The van der Waals surface area contributed by atoms with E-state index in [2.05, 4.69) is 31.9 Å². The number of benzene rings is 4. The van der Waals surface area contributed by atoms with Crippen LogP contribution < -0.4 is 31.9 Å². The maximum Gasteiger partial charge on any atom is 0.251 e. The van der Waals surface area contributed by atoms with E-state index < -0.39 is 12.1 Å². The molecule has 2 unspecified atom stereocenters. The van der Waals surface area contributed by atoms with Crippen LogP contribution in [0.1, 0.15) is 131 Å². The van der Waals surface area contributed by atoms with Gasteiger partial charge >= 0.3 is 0 Å². The van der Waals surface area contributed by atoms with Crippen molar-refractivity contribution in [1.29, 1.82) is 0 Å². The van der Waals surface area contributed by atoms with E-state index in [4.69, 9.17) is 0 Å². The zero-order valence-electron chi connectivity index (χ0n) is 35.9. The second kappa shape index (κ2) is 29.0. The zero-order chi connectivity index (χ0) is 44.0. The lowest BCUT2D eigenvalue weighted by Gasteiger charge is -2.19. The smallest absolute Gasteiger partial charge is 0.251 e. The van der Waals surface area contributed by atoms with E-state index in [1.807, 2.05) is 48.5 Å². The van der Waals surface area contributed by atoms with E-state index in [0.29, 0.717) is 87.0 Å². The van der Waals surface area contributed by atoms with Crippen molar-refractivity contribution in [1.82, 2.24) is 31.9 Å². The Kier molecular flexibility index (Phi) is 22.7. The number of carbonyl (C=O) groups is 6. The van der Waals surface area contributed by atoms with Gasteiger partial charge in [0.2, 0.25) is 11.8 Å². The van der Waals surface area contributed by atoms with Crippen molar-refractivity contribution < 1.29 is 28.8 Å². The molecule has 0 bridgehead atoms. The lowest BCUT2D eigenvalue weighted by Crippen LogP contribution is -2.47. The first-order valence-electron chi connectivity index (χ1n) is 22.3. The first-order valence-corrected chi connectivity index (χ1v) is 22.3. The molecule has 0 aliphatic carbocycles. The van der Waals surface area contributed by atoms with Crippen molar-refractivity contribution >= 4 is 35.4 Å². The maximum atomic E-state index is 13.2. The van der Waals surface area contributed by atoms with Crippen LogP contribution in [0.3, 0.4) is 0 Å². The Hall–Kier alpha value is -6.30. The zero-order valence-corrected chi connectivity index (χ0v) is 35.9. The van der Waals surface area contributed by atoms with E-state index in [-0.39, 0.29) is 35.4 Å². The summed E-state index contributed by atoms with van der Waals surface area (Å²) in [6.45, 7) is 2.01. The Morgan fingerprint density at radius 2 is 0.565 bits per heavy atom. The third-order valence-corrected chi connectivity index (χ3v) is 10.5. The summed E-state index contributed by atoms with van der Waals surface area (Å²) in [5.41, 5.74) is 2.19. The molecule has 4 rings (SSSR count). The van der Waals surface area contributed by atoms with E-state index in [1.165, 1.54) is 0 Å². The quantitative estimate of drug-likeness (QED) is 0.0317. The molecule has 0 spiro atoms. The Balaban J connectivity index is 1.07. The second-order valence-electron chi connectivity index (χ2n) is 15.4. The molecule has 6 amide bonds. The summed E-state index contributed by atoms with van der Waals surface area (Å²) in [4.78, 5) is 76.9. The molecular formula is C50H64N6O6. The highest BCUT2D eigenvalue weighted by Crippen LogP contribution is 2.11. The standard InChI is InChI=1S/C50H64N6O6/c57-45(39-25-11-7-12-26-39)51-37-23-19-33-43(55-47(59)41-29-15-9-16-30-41)49(61)53-35-21-5-3-1-2-4-6-22-36-54-50(62)44(56-48(60)42-31-17-10-18-32-42)34-20-24-38-52-46(58)40-27-13-8-14-28-40/h7-18,25-32,43-44H,1-6,19-24,33-38H2,(H,51,57)(H,52,58)(H,53,61)(H,54,62)(H,55,59)(H,56,60). The molecule has 0 aromatic heterocycles. The van der Waals surface area contributed by atoms with Crippen LogP contribution in [0.5, 0.6) is 0 Å². The summed E-state index contributed by atoms with van der Waals surface area (Å²) in [5, 5.41) is 17.7. The van der Waals surface area contributed by atoms with Crippen LogP contribution in [-0.2, 0) is 9.59 Å². The van der Waals surface area contributed by atoms with Gasteiger partial charge in [-0.2, -0.15) is 0 Å². The molecule has 4 aromatic rings. The van der Waals surface area contributed by atoms with Crippen LogP contribution in [0.2, 0.25) is 0 Å². The third-order valence-electron chi connectivity index (χ3n) is 10.5. The van der Waals surface area contributed by atoms with Gasteiger partial charge in [0.05, 0.1) is 0 Å². The monoisotopic (exact) mass is 844 g/mol. The van der Waals surface area contributed by atoms with E-state index in [9.17, 15) is 28.8 Å². The highest BCUT2D eigenvalue weighted by atomic mass is 16.2. The highest BCUT2D eigenvalue weighted by molar-refractivity contribution is 5.98. The number of unbranched alkanes of at least 4 members (excludes halogenated alkanes) is 9. The topological polar surface area (TPSA) is 175 Å². The van der Waals surface area contributed by atoms with Crippen LogP contribution in [0, 0.1) is 0 Å². The van der Waals surface area contributed by atoms with Gasteiger partial charge < -0.3 is 31.9 Å². The molecule has 330 valence electrons. The van der Waals surface area contributed by atoms with Gasteiger partial charge in [0.15, 0.2) is 0 Å². The average molecular weight is 845 g/mol. The lowest BCUT2D eigenvalue weighted by molar-refractivity contribution is -0.123. The summed E-state index contributed by atoms with van der Waals surface area (Å²) in [6.07, 6.45) is 11.5. The van der Waals surface area contributed by atoms with Gasteiger partial charge in [-0.05, 0) is 99.9 Å². The first kappa shape index (κ1) is 48.4. The van der Waals surface area contributed by atoms with Gasteiger partial charge in [-0.1, -0.05) is 111 Å². The minimum absolute atomic E-state index is 0.136. The third kappa shape index (κ3) is 19.0. The van der Waals surface area contributed by atoms with Crippen LogP contribution in [0.25, 0.3) is 0 Å². The first-order chi connectivity index (χ1) is 30.3. The molecule has 4 aromatic carbocycles. The van der Waals surface area contributed by atoms with E-state index >= 15 is 0 Å². The van der Waals surface area contributed by atoms with Crippen molar-refractivity contribution in [3.63, 3.8) is 0 Å². The summed E-state index contributed by atoms with van der Waals surface area (Å²) < 4.78 is 0. The molecule has 0 saturated heterocycles. The number of carbonyl (C=O) groups excluding carboxylic acids is 6. The largest absolute Gasteiger partial charge is 0.354 e. The van der Waals surface area contributed by atoms with Gasteiger partial charge in [0.25, 0.3) is 23.6 Å². The molecule has 2 atom stereocenters. The Labute approximate surface area is 366 Å².